The Balaban J connectivity index is 1.36. The molecule has 0 atom stereocenters. The van der Waals surface area contributed by atoms with Crippen LogP contribution < -0.4 is 20.7 Å². The summed E-state index contributed by atoms with van der Waals surface area (Å²) in [5, 5.41) is 13.4. The summed E-state index contributed by atoms with van der Waals surface area (Å²) in [6, 6.07) is 13.3. The molecule has 1 saturated heterocycles. The van der Waals surface area contributed by atoms with Crippen LogP contribution in [0.25, 0.3) is 22.5 Å². The van der Waals surface area contributed by atoms with Crippen LogP contribution in [0.5, 0.6) is 5.88 Å². The smallest absolute Gasteiger partial charge is 0.261 e. The molecule has 4 heterocycles. The Morgan fingerprint density at radius 2 is 1.85 bits per heavy atom. The molecule has 1 aliphatic rings. The van der Waals surface area contributed by atoms with Gasteiger partial charge in [0.05, 0.1) is 18.8 Å². The maximum Gasteiger partial charge on any atom is 0.261 e. The van der Waals surface area contributed by atoms with Crippen molar-refractivity contribution in [3.63, 3.8) is 0 Å². The summed E-state index contributed by atoms with van der Waals surface area (Å²) in [7, 11) is 1.50. The number of aryl methyl sites for hydroxylation is 1. The topological polar surface area (TPSA) is 127 Å². The molecule has 0 bridgehead atoms. The largest absolute Gasteiger partial charge is 0.479 e. The average Bonchev–Trinajstić information content (AvgIpc) is 3.24. The number of hydrogen-bond donors (Lipinski definition) is 3. The summed E-state index contributed by atoms with van der Waals surface area (Å²) < 4.78 is 10.8. The van der Waals surface area contributed by atoms with Gasteiger partial charge >= 0.3 is 0 Å². The van der Waals surface area contributed by atoms with E-state index in [1.165, 1.54) is 7.11 Å². The van der Waals surface area contributed by atoms with Crippen molar-refractivity contribution in [3.8, 4) is 28.4 Å². The van der Waals surface area contributed by atoms with Gasteiger partial charge in [0, 0.05) is 36.6 Å². The second-order valence-electron chi connectivity index (χ2n) is 7.83. The zero-order valence-electron chi connectivity index (χ0n) is 18.7. The van der Waals surface area contributed by atoms with E-state index in [9.17, 15) is 4.79 Å². The summed E-state index contributed by atoms with van der Waals surface area (Å²) in [5.41, 5.74) is 3.40. The zero-order valence-corrected chi connectivity index (χ0v) is 18.7. The van der Waals surface area contributed by atoms with Gasteiger partial charge in [0.2, 0.25) is 11.8 Å². The Bertz CT molecular complexity index is 1300. The van der Waals surface area contributed by atoms with Gasteiger partial charge in [0.25, 0.3) is 5.91 Å². The highest BCUT2D eigenvalue weighted by atomic mass is 16.5. The van der Waals surface area contributed by atoms with Crippen LogP contribution >= 0.6 is 0 Å². The van der Waals surface area contributed by atoms with Crippen molar-refractivity contribution in [3.05, 3.63) is 66.2 Å². The van der Waals surface area contributed by atoms with Crippen LogP contribution in [0, 0.1) is 6.92 Å². The lowest BCUT2D eigenvalue weighted by atomic mass is 10.1. The Morgan fingerprint density at radius 3 is 2.53 bits per heavy atom. The van der Waals surface area contributed by atoms with E-state index in [1.54, 1.807) is 31.5 Å². The van der Waals surface area contributed by atoms with Crippen molar-refractivity contribution in [1.29, 1.82) is 0 Å². The van der Waals surface area contributed by atoms with Gasteiger partial charge < -0.3 is 25.2 Å². The molecular formula is C24H23N7O3. The molecule has 1 aromatic carbocycles. The second kappa shape index (κ2) is 9.28. The van der Waals surface area contributed by atoms with Crippen LogP contribution in [0.4, 0.5) is 11.6 Å². The summed E-state index contributed by atoms with van der Waals surface area (Å²) >= 11 is 0. The summed E-state index contributed by atoms with van der Waals surface area (Å²) in [6.45, 7) is 3.50. The first kappa shape index (κ1) is 21.5. The number of rotatable bonds is 7. The molecule has 5 rings (SSSR count). The molecule has 1 aliphatic heterocycles. The van der Waals surface area contributed by atoms with Crippen molar-refractivity contribution in [2.24, 2.45) is 0 Å². The van der Waals surface area contributed by atoms with Crippen molar-refractivity contribution in [2.75, 3.05) is 30.8 Å². The third kappa shape index (κ3) is 4.30. The highest BCUT2D eigenvalue weighted by Crippen LogP contribution is 2.30. The molecule has 1 amide bonds. The predicted molar refractivity (Wildman–Crippen MR) is 127 cm³/mol. The number of carbonyl (C=O) groups is 1. The third-order valence-electron chi connectivity index (χ3n) is 5.50. The van der Waals surface area contributed by atoms with Crippen LogP contribution in [-0.2, 0) is 0 Å². The third-order valence-corrected chi connectivity index (χ3v) is 5.50. The van der Waals surface area contributed by atoms with Crippen molar-refractivity contribution >= 4 is 17.5 Å². The van der Waals surface area contributed by atoms with Crippen LogP contribution in [-0.4, -0.2) is 52.3 Å². The van der Waals surface area contributed by atoms with Gasteiger partial charge in [0.1, 0.15) is 22.7 Å². The Kier molecular flexibility index (Phi) is 5.88. The van der Waals surface area contributed by atoms with Gasteiger partial charge in [-0.15, -0.1) is 0 Å². The van der Waals surface area contributed by atoms with E-state index in [-0.39, 0.29) is 11.8 Å². The minimum absolute atomic E-state index is 0.268. The molecule has 4 aromatic rings. The lowest BCUT2D eigenvalue weighted by molar-refractivity contribution is 0.102. The number of nitrogens with one attached hydrogen (secondary N) is 3. The van der Waals surface area contributed by atoms with Gasteiger partial charge in [0.15, 0.2) is 0 Å². The first-order valence-electron chi connectivity index (χ1n) is 10.8. The van der Waals surface area contributed by atoms with E-state index in [2.05, 4.69) is 36.1 Å². The Morgan fingerprint density at radius 1 is 1.09 bits per heavy atom. The molecule has 0 aliphatic carbocycles. The number of anilines is 2. The first-order valence-corrected chi connectivity index (χ1v) is 10.8. The number of methoxy groups -OCH3 is 1. The lowest BCUT2D eigenvalue weighted by Gasteiger charge is -2.27. The fourth-order valence-corrected chi connectivity index (χ4v) is 3.58. The van der Waals surface area contributed by atoms with Crippen molar-refractivity contribution in [2.45, 2.75) is 13.0 Å². The van der Waals surface area contributed by atoms with E-state index in [1.807, 2.05) is 30.3 Å². The number of hydrogen-bond acceptors (Lipinski definition) is 9. The van der Waals surface area contributed by atoms with Crippen LogP contribution in [0.2, 0.25) is 0 Å². The van der Waals surface area contributed by atoms with E-state index >= 15 is 0 Å². The molecule has 1 fully saturated rings. The number of benzene rings is 1. The normalized spacial score (nSPS) is 13.2. The van der Waals surface area contributed by atoms with Gasteiger partial charge in [-0.25, -0.2) is 15.0 Å². The van der Waals surface area contributed by atoms with Crippen LogP contribution in [0.15, 0.2) is 59.4 Å². The maximum atomic E-state index is 13.1. The maximum absolute atomic E-state index is 13.1. The molecular weight excluding hydrogens is 434 g/mol. The second-order valence-corrected chi connectivity index (χ2v) is 7.83. The van der Waals surface area contributed by atoms with Crippen molar-refractivity contribution in [1.82, 2.24) is 25.4 Å². The highest BCUT2D eigenvalue weighted by molar-refractivity contribution is 6.09. The number of pyridine rings is 1. The van der Waals surface area contributed by atoms with E-state index in [4.69, 9.17) is 9.26 Å². The van der Waals surface area contributed by atoms with Crippen LogP contribution in [0.1, 0.15) is 16.1 Å². The van der Waals surface area contributed by atoms with E-state index in [0.717, 1.165) is 24.2 Å². The number of carbonyl (C=O) groups excluding carboxylic acids is 1. The molecule has 0 unspecified atom stereocenters. The number of aromatic nitrogens is 4. The van der Waals surface area contributed by atoms with Crippen LogP contribution in [0.3, 0.4) is 0 Å². The summed E-state index contributed by atoms with van der Waals surface area (Å²) in [6.07, 6.45) is 3.40. The quantitative estimate of drug-likeness (QED) is 0.383. The standard InChI is InChI=1S/C24H23N7O3/c1-14-20(21(31-34-14)15-6-4-3-5-7-15)22(32)29-19-9-8-18(30-23(19)33-2)16-10-26-24(27-11-16)28-17-12-25-13-17/h3-11,17,25H,12-13H2,1-2H3,(H,29,32)(H,26,27,28). The molecule has 0 radical (unpaired) electrons. The van der Waals surface area contributed by atoms with Gasteiger partial charge in [-0.1, -0.05) is 35.5 Å². The highest BCUT2D eigenvalue weighted by Gasteiger charge is 2.23. The van der Waals surface area contributed by atoms with E-state index < -0.39 is 0 Å². The minimum Gasteiger partial charge on any atom is -0.479 e. The van der Waals surface area contributed by atoms with Crippen molar-refractivity contribution < 1.29 is 14.1 Å². The monoisotopic (exact) mass is 457 g/mol. The summed E-state index contributed by atoms with van der Waals surface area (Å²) in [5.74, 6) is 0.895. The Hall–Kier alpha value is -4.31. The predicted octanol–water partition coefficient (Wildman–Crippen LogP) is 3.15. The number of nitrogens with zero attached hydrogens (tertiary/aromatic N) is 4. The average molecular weight is 457 g/mol. The molecule has 3 aromatic heterocycles. The van der Waals surface area contributed by atoms with Gasteiger partial charge in [-0.3, -0.25) is 4.79 Å². The van der Waals surface area contributed by atoms with Gasteiger partial charge in [-0.2, -0.15) is 0 Å². The lowest BCUT2D eigenvalue weighted by Crippen LogP contribution is -2.51. The molecule has 0 spiro atoms. The number of amides is 1. The Labute approximate surface area is 195 Å². The van der Waals surface area contributed by atoms with E-state index in [0.29, 0.717) is 40.4 Å². The minimum atomic E-state index is -0.366. The molecule has 172 valence electrons. The number of ether oxygens (including phenoxy) is 1. The molecule has 10 heteroatoms. The summed E-state index contributed by atoms with van der Waals surface area (Å²) in [4.78, 5) is 26.4. The molecule has 3 N–H and O–H groups in total. The zero-order chi connectivity index (χ0) is 23.5. The van der Waals surface area contributed by atoms with Gasteiger partial charge in [-0.05, 0) is 19.1 Å². The fourth-order valence-electron chi connectivity index (χ4n) is 3.58. The molecule has 34 heavy (non-hydrogen) atoms. The SMILES string of the molecule is COc1nc(-c2cnc(NC3CNC3)nc2)ccc1NC(=O)c1c(-c2ccccc2)noc1C. The first-order chi connectivity index (χ1) is 16.6. The fraction of sp³-hybridized carbons (Fsp3) is 0.208. The molecule has 0 saturated carbocycles. The molecule has 10 nitrogen and oxygen atoms in total.